The van der Waals surface area contributed by atoms with Crippen molar-refractivity contribution in [2.24, 2.45) is 0 Å². The first kappa shape index (κ1) is 13.8. The average molecular weight is 288 g/mol. The molecule has 0 aliphatic heterocycles. The van der Waals surface area contributed by atoms with Crippen molar-refractivity contribution in [1.82, 2.24) is 4.98 Å². The van der Waals surface area contributed by atoms with E-state index < -0.39 is 9.84 Å². The van der Waals surface area contributed by atoms with Crippen LogP contribution < -0.4 is 11.1 Å². The highest BCUT2D eigenvalue weighted by Gasteiger charge is 2.09. The minimum absolute atomic E-state index is 0.192. The van der Waals surface area contributed by atoms with Gasteiger partial charge in [-0.2, -0.15) is 5.26 Å². The van der Waals surface area contributed by atoms with E-state index in [4.69, 9.17) is 11.0 Å². The minimum Gasteiger partial charge on any atom is -0.396 e. The summed E-state index contributed by atoms with van der Waals surface area (Å²) >= 11 is 0. The van der Waals surface area contributed by atoms with E-state index in [1.54, 1.807) is 18.2 Å². The predicted octanol–water partition coefficient (Wildman–Crippen LogP) is 1.68. The third kappa shape index (κ3) is 3.05. The highest BCUT2D eigenvalue weighted by molar-refractivity contribution is 7.90. The molecule has 20 heavy (non-hydrogen) atoms. The monoisotopic (exact) mass is 288 g/mol. The Labute approximate surface area is 116 Å². The first-order valence-electron chi connectivity index (χ1n) is 5.64. The molecule has 3 N–H and O–H groups in total. The number of aromatic nitrogens is 1. The van der Waals surface area contributed by atoms with E-state index >= 15 is 0 Å². The lowest BCUT2D eigenvalue weighted by Crippen LogP contribution is -2.02. The fourth-order valence-electron chi connectivity index (χ4n) is 1.57. The van der Waals surface area contributed by atoms with Crippen LogP contribution in [0.1, 0.15) is 5.69 Å². The topological polar surface area (TPSA) is 109 Å². The molecule has 0 atom stereocenters. The van der Waals surface area contributed by atoms with Crippen LogP contribution in [0.3, 0.4) is 0 Å². The SMILES string of the molecule is CS(=O)(=O)c1cccc(Nc2nc(C#N)ccc2N)c1. The average Bonchev–Trinajstić information content (AvgIpc) is 2.41. The Morgan fingerprint density at radius 2 is 2.05 bits per heavy atom. The minimum atomic E-state index is -3.28. The normalized spacial score (nSPS) is 10.8. The number of sulfone groups is 1. The number of hydrogen-bond donors (Lipinski definition) is 2. The van der Waals surface area contributed by atoms with Crippen LogP contribution in [-0.2, 0) is 9.84 Å². The Bertz CT molecular complexity index is 794. The number of rotatable bonds is 3. The van der Waals surface area contributed by atoms with Gasteiger partial charge in [0.2, 0.25) is 0 Å². The van der Waals surface area contributed by atoms with Gasteiger partial charge in [-0.25, -0.2) is 13.4 Å². The molecule has 6 nitrogen and oxygen atoms in total. The quantitative estimate of drug-likeness (QED) is 0.889. The van der Waals surface area contributed by atoms with Crippen LogP contribution in [0.5, 0.6) is 0 Å². The van der Waals surface area contributed by atoms with E-state index in [1.165, 1.54) is 18.2 Å². The number of anilines is 3. The standard InChI is InChI=1S/C13H12N4O2S/c1-20(18,19)11-4-2-3-9(7-11)16-13-12(15)6-5-10(8-14)17-13/h2-7H,15H2,1H3,(H,16,17). The van der Waals surface area contributed by atoms with E-state index in [9.17, 15) is 8.42 Å². The molecule has 102 valence electrons. The summed E-state index contributed by atoms with van der Waals surface area (Å²) in [7, 11) is -3.28. The molecule has 0 saturated carbocycles. The van der Waals surface area contributed by atoms with Gasteiger partial charge in [0.05, 0.1) is 10.6 Å². The molecule has 1 aromatic heterocycles. The molecule has 2 rings (SSSR count). The van der Waals surface area contributed by atoms with E-state index in [0.717, 1.165) is 6.26 Å². The van der Waals surface area contributed by atoms with Gasteiger partial charge in [-0.1, -0.05) is 6.07 Å². The van der Waals surface area contributed by atoms with Crippen molar-refractivity contribution >= 4 is 27.0 Å². The molecule has 0 unspecified atom stereocenters. The maximum absolute atomic E-state index is 11.5. The van der Waals surface area contributed by atoms with Gasteiger partial charge in [-0.3, -0.25) is 0 Å². The van der Waals surface area contributed by atoms with E-state index in [1.807, 2.05) is 6.07 Å². The van der Waals surface area contributed by atoms with Crippen LogP contribution in [-0.4, -0.2) is 19.7 Å². The van der Waals surface area contributed by atoms with Crippen LogP contribution in [0.25, 0.3) is 0 Å². The molecule has 1 heterocycles. The largest absolute Gasteiger partial charge is 0.396 e. The predicted molar refractivity (Wildman–Crippen MR) is 76.2 cm³/mol. The fraction of sp³-hybridized carbons (Fsp3) is 0.0769. The van der Waals surface area contributed by atoms with Crippen molar-refractivity contribution in [1.29, 1.82) is 5.26 Å². The van der Waals surface area contributed by atoms with Gasteiger partial charge in [0.25, 0.3) is 0 Å². The van der Waals surface area contributed by atoms with Gasteiger partial charge in [0, 0.05) is 11.9 Å². The number of hydrogen-bond acceptors (Lipinski definition) is 6. The van der Waals surface area contributed by atoms with Crippen LogP contribution in [0.15, 0.2) is 41.3 Å². The zero-order valence-electron chi connectivity index (χ0n) is 10.7. The van der Waals surface area contributed by atoms with Crippen molar-refractivity contribution in [3.8, 4) is 6.07 Å². The number of pyridine rings is 1. The van der Waals surface area contributed by atoms with Crippen molar-refractivity contribution in [3.05, 3.63) is 42.1 Å². The number of nitrogen functional groups attached to an aromatic ring is 1. The van der Waals surface area contributed by atoms with Gasteiger partial charge < -0.3 is 11.1 Å². The van der Waals surface area contributed by atoms with Gasteiger partial charge >= 0.3 is 0 Å². The zero-order valence-corrected chi connectivity index (χ0v) is 11.5. The maximum Gasteiger partial charge on any atom is 0.175 e. The molecule has 0 spiro atoms. The van der Waals surface area contributed by atoms with Crippen LogP contribution in [0.4, 0.5) is 17.2 Å². The first-order valence-corrected chi connectivity index (χ1v) is 7.53. The summed E-state index contributed by atoms with van der Waals surface area (Å²) < 4.78 is 23.0. The second kappa shape index (κ2) is 5.19. The lowest BCUT2D eigenvalue weighted by molar-refractivity contribution is 0.602. The zero-order chi connectivity index (χ0) is 14.8. The summed E-state index contributed by atoms with van der Waals surface area (Å²) in [6.07, 6.45) is 1.13. The van der Waals surface area contributed by atoms with Crippen LogP contribution in [0.2, 0.25) is 0 Å². The smallest absolute Gasteiger partial charge is 0.175 e. The molecular formula is C13H12N4O2S. The summed E-state index contributed by atoms with van der Waals surface area (Å²) in [6.45, 7) is 0. The van der Waals surface area contributed by atoms with E-state index in [2.05, 4.69) is 10.3 Å². The molecule has 0 radical (unpaired) electrons. The molecule has 0 fully saturated rings. The Balaban J connectivity index is 2.38. The second-order valence-corrected chi connectivity index (χ2v) is 6.19. The van der Waals surface area contributed by atoms with E-state index in [-0.39, 0.29) is 10.6 Å². The molecule has 1 aromatic carbocycles. The van der Waals surface area contributed by atoms with Crippen LogP contribution in [0, 0.1) is 11.3 Å². The van der Waals surface area contributed by atoms with Gasteiger partial charge in [-0.05, 0) is 30.3 Å². The van der Waals surface area contributed by atoms with Gasteiger partial charge in [-0.15, -0.1) is 0 Å². The Kier molecular flexibility index (Phi) is 3.59. The number of nitrogens with one attached hydrogen (secondary N) is 1. The highest BCUT2D eigenvalue weighted by atomic mass is 32.2. The summed E-state index contributed by atoms with van der Waals surface area (Å²) in [6, 6.07) is 11.3. The second-order valence-electron chi connectivity index (χ2n) is 4.17. The molecule has 0 amide bonds. The summed E-state index contributed by atoms with van der Waals surface area (Å²) in [4.78, 5) is 4.22. The van der Waals surface area contributed by atoms with Crippen molar-refractivity contribution < 1.29 is 8.42 Å². The van der Waals surface area contributed by atoms with Gasteiger partial charge in [0.15, 0.2) is 15.7 Å². The Morgan fingerprint density at radius 3 is 2.70 bits per heavy atom. The molecular weight excluding hydrogens is 276 g/mol. The summed E-state index contributed by atoms with van der Waals surface area (Å²) in [5.41, 5.74) is 6.89. The lowest BCUT2D eigenvalue weighted by Gasteiger charge is -2.09. The molecule has 2 aromatic rings. The summed E-state index contributed by atoms with van der Waals surface area (Å²) in [5.74, 6) is 0.315. The highest BCUT2D eigenvalue weighted by Crippen LogP contribution is 2.23. The fourth-order valence-corrected chi connectivity index (χ4v) is 2.24. The van der Waals surface area contributed by atoms with Crippen molar-refractivity contribution in [2.45, 2.75) is 4.90 Å². The van der Waals surface area contributed by atoms with Crippen LogP contribution >= 0.6 is 0 Å². The number of benzene rings is 1. The molecule has 7 heteroatoms. The number of nitrogens with two attached hydrogens (primary N) is 1. The lowest BCUT2D eigenvalue weighted by atomic mass is 10.3. The Hall–Kier alpha value is -2.59. The molecule has 0 aliphatic rings. The van der Waals surface area contributed by atoms with Gasteiger partial charge in [0.1, 0.15) is 11.8 Å². The summed E-state index contributed by atoms with van der Waals surface area (Å²) in [5, 5.41) is 11.7. The Morgan fingerprint density at radius 1 is 1.30 bits per heavy atom. The molecule has 0 saturated heterocycles. The third-order valence-electron chi connectivity index (χ3n) is 2.57. The number of nitrogens with zero attached hydrogens (tertiary/aromatic N) is 2. The van der Waals surface area contributed by atoms with E-state index in [0.29, 0.717) is 17.2 Å². The molecule has 0 aliphatic carbocycles. The van der Waals surface area contributed by atoms with Crippen molar-refractivity contribution in [3.63, 3.8) is 0 Å². The maximum atomic E-state index is 11.5. The third-order valence-corrected chi connectivity index (χ3v) is 3.68. The van der Waals surface area contributed by atoms with Crippen molar-refractivity contribution in [2.75, 3.05) is 17.3 Å². The number of nitriles is 1. The molecule has 0 bridgehead atoms. The first-order chi connectivity index (χ1) is 9.40.